The van der Waals surface area contributed by atoms with Gasteiger partial charge >= 0.3 is 0 Å². The van der Waals surface area contributed by atoms with Crippen molar-refractivity contribution in [1.82, 2.24) is 10.6 Å². The number of rotatable bonds is 7. The summed E-state index contributed by atoms with van der Waals surface area (Å²) < 4.78 is 5.53. The van der Waals surface area contributed by atoms with Gasteiger partial charge in [0.15, 0.2) is 5.96 Å². The van der Waals surface area contributed by atoms with Crippen molar-refractivity contribution in [2.45, 2.75) is 39.2 Å². The zero-order valence-corrected chi connectivity index (χ0v) is 18.4. The molecular weight excluding hydrogens is 449 g/mol. The van der Waals surface area contributed by atoms with Crippen LogP contribution in [0.5, 0.6) is 0 Å². The molecule has 0 spiro atoms. The van der Waals surface area contributed by atoms with Crippen LogP contribution in [0.15, 0.2) is 38.4 Å². The Morgan fingerprint density at radius 3 is 2.68 bits per heavy atom. The Bertz CT molecular complexity index is 653. The molecule has 5 nitrogen and oxygen atoms in total. The number of halogens is 1. The normalized spacial score (nSPS) is 15.2. The fourth-order valence-electron chi connectivity index (χ4n) is 2.30. The molecule has 2 atom stereocenters. The summed E-state index contributed by atoms with van der Waals surface area (Å²) in [7, 11) is 0. The van der Waals surface area contributed by atoms with E-state index in [-0.39, 0.29) is 30.5 Å². The maximum atomic E-state index is 10.6. The minimum atomic E-state index is -1.13. The monoisotopic (exact) mass is 477 g/mol. The largest absolute Gasteiger partial charge is 0.463 e. The van der Waals surface area contributed by atoms with Crippen LogP contribution in [0.2, 0.25) is 0 Å². The summed E-state index contributed by atoms with van der Waals surface area (Å²) in [5.74, 6) is 2.41. The molecule has 140 valence electrons. The van der Waals surface area contributed by atoms with Crippen LogP contribution < -0.4 is 10.6 Å². The van der Waals surface area contributed by atoms with Crippen molar-refractivity contribution in [2.24, 2.45) is 4.99 Å². The SMILES string of the molecule is CCNC(=NCC(C)(O)c1ccc(C)o1)NCC(C)c1ccsc1.I. The van der Waals surface area contributed by atoms with Crippen molar-refractivity contribution in [3.63, 3.8) is 0 Å². The number of thiophene rings is 1. The van der Waals surface area contributed by atoms with Crippen LogP contribution in [0, 0.1) is 6.92 Å². The van der Waals surface area contributed by atoms with Gasteiger partial charge in [0.25, 0.3) is 0 Å². The average Bonchev–Trinajstić information content (AvgIpc) is 3.21. The van der Waals surface area contributed by atoms with Crippen molar-refractivity contribution in [2.75, 3.05) is 19.6 Å². The number of nitrogens with zero attached hydrogens (tertiary/aromatic N) is 1. The molecule has 2 aromatic rings. The Balaban J connectivity index is 0.00000312. The van der Waals surface area contributed by atoms with Crippen molar-refractivity contribution >= 4 is 41.3 Å². The highest BCUT2D eigenvalue weighted by Gasteiger charge is 2.26. The summed E-state index contributed by atoms with van der Waals surface area (Å²) in [6, 6.07) is 5.79. The van der Waals surface area contributed by atoms with Gasteiger partial charge in [0, 0.05) is 13.1 Å². The minimum absolute atomic E-state index is 0. The molecule has 0 aliphatic heterocycles. The number of hydrogen-bond acceptors (Lipinski definition) is 4. The van der Waals surface area contributed by atoms with Crippen molar-refractivity contribution in [3.05, 3.63) is 46.0 Å². The summed E-state index contributed by atoms with van der Waals surface area (Å²) in [5.41, 5.74) is 0.191. The summed E-state index contributed by atoms with van der Waals surface area (Å²) in [6.45, 7) is 9.55. The van der Waals surface area contributed by atoms with Gasteiger partial charge in [0.05, 0.1) is 6.54 Å². The predicted octanol–water partition coefficient (Wildman–Crippen LogP) is 3.83. The van der Waals surface area contributed by atoms with Crippen molar-refractivity contribution < 1.29 is 9.52 Å². The second-order valence-electron chi connectivity index (χ2n) is 6.22. The number of furan rings is 1. The first-order chi connectivity index (χ1) is 11.4. The molecule has 0 radical (unpaired) electrons. The molecule has 2 rings (SSSR count). The van der Waals surface area contributed by atoms with Gasteiger partial charge in [-0.1, -0.05) is 6.92 Å². The summed E-state index contributed by atoms with van der Waals surface area (Å²) in [4.78, 5) is 4.51. The van der Waals surface area contributed by atoms with Crippen molar-refractivity contribution in [3.8, 4) is 0 Å². The highest BCUT2D eigenvalue weighted by atomic mass is 127. The fraction of sp³-hybridized carbons (Fsp3) is 0.500. The molecule has 0 saturated heterocycles. The molecule has 0 aliphatic carbocycles. The first-order valence-corrected chi connectivity index (χ1v) is 9.20. The van der Waals surface area contributed by atoms with E-state index in [4.69, 9.17) is 4.42 Å². The Morgan fingerprint density at radius 1 is 1.36 bits per heavy atom. The Morgan fingerprint density at radius 2 is 2.12 bits per heavy atom. The Hall–Kier alpha value is -1.06. The maximum absolute atomic E-state index is 10.6. The van der Waals surface area contributed by atoms with Gasteiger partial charge in [-0.2, -0.15) is 11.3 Å². The second kappa shape index (κ2) is 10.2. The number of aliphatic hydroxyl groups is 1. The lowest BCUT2D eigenvalue weighted by molar-refractivity contribution is 0.0428. The lowest BCUT2D eigenvalue weighted by atomic mass is 10.0. The average molecular weight is 477 g/mol. The molecule has 2 aromatic heterocycles. The highest BCUT2D eigenvalue weighted by Crippen LogP contribution is 2.23. The van der Waals surface area contributed by atoms with Crippen LogP contribution in [0.3, 0.4) is 0 Å². The number of guanidine groups is 1. The van der Waals surface area contributed by atoms with E-state index in [1.54, 1.807) is 24.3 Å². The third-order valence-electron chi connectivity index (χ3n) is 3.85. The van der Waals surface area contributed by atoms with E-state index in [2.05, 4.69) is 39.4 Å². The zero-order valence-electron chi connectivity index (χ0n) is 15.2. The van der Waals surface area contributed by atoms with E-state index in [0.29, 0.717) is 17.6 Å². The van der Waals surface area contributed by atoms with Gasteiger partial charge in [-0.05, 0) is 61.2 Å². The molecule has 7 heteroatoms. The lowest BCUT2D eigenvalue weighted by Gasteiger charge is -2.20. The maximum Gasteiger partial charge on any atom is 0.191 e. The number of nitrogens with one attached hydrogen (secondary N) is 2. The first kappa shape index (κ1) is 22.0. The van der Waals surface area contributed by atoms with Gasteiger partial charge in [-0.25, -0.2) is 4.99 Å². The molecule has 0 fully saturated rings. The number of hydrogen-bond donors (Lipinski definition) is 3. The fourth-order valence-corrected chi connectivity index (χ4v) is 3.08. The van der Waals surface area contributed by atoms with E-state index in [9.17, 15) is 5.11 Å². The second-order valence-corrected chi connectivity index (χ2v) is 7.00. The van der Waals surface area contributed by atoms with Gasteiger partial charge in [0.1, 0.15) is 17.1 Å². The third kappa shape index (κ3) is 6.63. The van der Waals surface area contributed by atoms with Crippen LogP contribution in [0.1, 0.15) is 43.8 Å². The summed E-state index contributed by atoms with van der Waals surface area (Å²) in [5, 5.41) is 21.4. The number of aliphatic imine (C=N–C) groups is 1. The molecular formula is C18H28IN3O2S. The standard InChI is InChI=1S/C18H27N3O2S.HI/c1-5-19-17(20-10-13(2)15-8-9-24-11-15)21-12-18(4,22)16-7-6-14(3)23-16;/h6-9,11,13,22H,5,10,12H2,1-4H3,(H2,19,20,21);1H. The Labute approximate surface area is 171 Å². The van der Waals surface area contributed by atoms with E-state index in [1.165, 1.54) is 5.56 Å². The summed E-state index contributed by atoms with van der Waals surface area (Å²) in [6.07, 6.45) is 0. The van der Waals surface area contributed by atoms with Crippen LogP contribution >= 0.6 is 35.3 Å². The highest BCUT2D eigenvalue weighted by molar-refractivity contribution is 14.0. The van der Waals surface area contributed by atoms with Gasteiger partial charge in [-0.3, -0.25) is 0 Å². The molecule has 2 heterocycles. The molecule has 3 N–H and O–H groups in total. The van der Waals surface area contributed by atoms with Crippen LogP contribution in [-0.2, 0) is 5.60 Å². The Kier molecular flexibility index (Phi) is 8.95. The molecule has 0 bridgehead atoms. The third-order valence-corrected chi connectivity index (χ3v) is 4.55. The van der Waals surface area contributed by atoms with Crippen LogP contribution in [0.25, 0.3) is 0 Å². The quantitative estimate of drug-likeness (QED) is 0.322. The predicted molar refractivity (Wildman–Crippen MR) is 115 cm³/mol. The first-order valence-electron chi connectivity index (χ1n) is 8.26. The van der Waals surface area contributed by atoms with Gasteiger partial charge < -0.3 is 20.2 Å². The molecule has 0 aromatic carbocycles. The van der Waals surface area contributed by atoms with E-state index < -0.39 is 5.60 Å². The topological polar surface area (TPSA) is 69.8 Å². The molecule has 0 saturated carbocycles. The smallest absolute Gasteiger partial charge is 0.191 e. The molecule has 25 heavy (non-hydrogen) atoms. The van der Waals surface area contributed by atoms with Crippen LogP contribution in [-0.4, -0.2) is 30.7 Å². The van der Waals surface area contributed by atoms with E-state index >= 15 is 0 Å². The number of aryl methyl sites for hydroxylation is 1. The minimum Gasteiger partial charge on any atom is -0.463 e. The molecule has 0 aliphatic rings. The van der Waals surface area contributed by atoms with E-state index in [0.717, 1.165) is 18.8 Å². The molecule has 0 amide bonds. The zero-order chi connectivity index (χ0) is 17.6. The van der Waals surface area contributed by atoms with Crippen LogP contribution in [0.4, 0.5) is 0 Å². The van der Waals surface area contributed by atoms with Gasteiger partial charge in [0.2, 0.25) is 0 Å². The lowest BCUT2D eigenvalue weighted by Crippen LogP contribution is -2.40. The molecule has 2 unspecified atom stereocenters. The van der Waals surface area contributed by atoms with Gasteiger partial charge in [-0.15, -0.1) is 24.0 Å². The summed E-state index contributed by atoms with van der Waals surface area (Å²) >= 11 is 1.71. The van der Waals surface area contributed by atoms with Crippen molar-refractivity contribution in [1.29, 1.82) is 0 Å². The van der Waals surface area contributed by atoms with E-state index in [1.807, 2.05) is 19.9 Å².